The summed E-state index contributed by atoms with van der Waals surface area (Å²) < 4.78 is 51.5. The Morgan fingerprint density at radius 3 is 2.47 bits per heavy atom. The van der Waals surface area contributed by atoms with Gasteiger partial charge in [-0.05, 0) is 32.9 Å². The summed E-state index contributed by atoms with van der Waals surface area (Å²) in [5, 5.41) is 0. The predicted octanol–water partition coefficient (Wildman–Crippen LogP) is 5.82. The lowest BCUT2D eigenvalue weighted by atomic mass is 10.2. The number of carbonyl (C=O) groups is 1. The molecule has 0 saturated carbocycles. The number of imidazole rings is 1. The van der Waals surface area contributed by atoms with E-state index in [9.17, 15) is 18.0 Å². The van der Waals surface area contributed by atoms with Crippen LogP contribution in [-0.2, 0) is 4.74 Å². The molecule has 3 rings (SSSR count). The number of fused-ring (bicyclic) bond motifs is 1. The molecule has 0 unspecified atom stereocenters. The number of hydrogen-bond donors (Lipinski definition) is 0. The van der Waals surface area contributed by atoms with Gasteiger partial charge in [0.05, 0.1) is 18.3 Å². The number of benzene rings is 1. The number of nitrogens with zero attached hydrogens (tertiary/aromatic N) is 3. The summed E-state index contributed by atoms with van der Waals surface area (Å²) in [4.78, 5) is 17.9. The molecule has 3 aromatic rings. The molecule has 1 aromatic carbocycles. The maximum absolute atomic E-state index is 12.9. The number of rotatable bonds is 5. The van der Waals surface area contributed by atoms with Gasteiger partial charge < -0.3 is 13.9 Å². The number of para-hydroxylation sites is 1. The largest absolute Gasteiger partial charge is 0.456 e. The van der Waals surface area contributed by atoms with E-state index in [1.807, 2.05) is 6.07 Å². The van der Waals surface area contributed by atoms with Crippen molar-refractivity contribution >= 4 is 17.4 Å². The Balaban J connectivity index is 2.02. The van der Waals surface area contributed by atoms with Crippen LogP contribution in [0.25, 0.3) is 5.65 Å². The summed E-state index contributed by atoms with van der Waals surface area (Å²) in [6.07, 6.45) is -1.79. The first-order valence-electron chi connectivity index (χ1n) is 9.29. The van der Waals surface area contributed by atoms with Gasteiger partial charge >= 0.3 is 12.3 Å². The Morgan fingerprint density at radius 1 is 1.13 bits per heavy atom. The average Bonchev–Trinajstić information content (AvgIpc) is 3.09. The number of anilines is 1. The van der Waals surface area contributed by atoms with Gasteiger partial charge in [0.25, 0.3) is 0 Å². The monoisotopic (exact) mass is 421 g/mol. The summed E-state index contributed by atoms with van der Waals surface area (Å²) in [5.41, 5.74) is -0.410. The van der Waals surface area contributed by atoms with Crippen LogP contribution in [0.2, 0.25) is 0 Å². The van der Waals surface area contributed by atoms with Gasteiger partial charge in [0.15, 0.2) is 5.65 Å². The molecule has 2 aromatic heterocycles. The maximum Gasteiger partial charge on any atom is 0.414 e. The quantitative estimate of drug-likeness (QED) is 0.521. The molecule has 30 heavy (non-hydrogen) atoms. The van der Waals surface area contributed by atoms with E-state index in [-0.39, 0.29) is 5.69 Å². The van der Waals surface area contributed by atoms with E-state index in [2.05, 4.69) is 4.98 Å². The third-order valence-corrected chi connectivity index (χ3v) is 3.95. The van der Waals surface area contributed by atoms with Crippen molar-refractivity contribution in [2.24, 2.45) is 0 Å². The summed E-state index contributed by atoms with van der Waals surface area (Å²) >= 11 is 0. The zero-order valence-electron chi connectivity index (χ0n) is 16.8. The van der Waals surface area contributed by atoms with Crippen molar-refractivity contribution in [2.45, 2.75) is 39.0 Å². The number of aromatic nitrogens is 2. The molecule has 6 nitrogen and oxygen atoms in total. The molecule has 9 heteroatoms. The normalized spacial score (nSPS) is 12.1. The van der Waals surface area contributed by atoms with Crippen LogP contribution in [0.5, 0.6) is 11.5 Å². The SMILES string of the molecule is CC(C)(C)OC(=O)N(CCC(F)(F)F)c1cc(Oc2ccccc2)cn2ccnc12. The van der Waals surface area contributed by atoms with E-state index in [1.54, 1.807) is 61.8 Å². The van der Waals surface area contributed by atoms with Gasteiger partial charge in [-0.15, -0.1) is 0 Å². The Bertz CT molecular complexity index is 1010. The van der Waals surface area contributed by atoms with E-state index >= 15 is 0 Å². The zero-order valence-corrected chi connectivity index (χ0v) is 16.8. The molecule has 0 aliphatic carbocycles. The summed E-state index contributed by atoms with van der Waals surface area (Å²) in [7, 11) is 0. The Kier molecular flexibility index (Phi) is 5.91. The van der Waals surface area contributed by atoms with Crippen LogP contribution in [0, 0.1) is 0 Å². The van der Waals surface area contributed by atoms with Crippen LogP contribution in [0.1, 0.15) is 27.2 Å². The number of carbonyl (C=O) groups excluding carboxylic acids is 1. The number of alkyl halides is 3. The van der Waals surface area contributed by atoms with Crippen LogP contribution < -0.4 is 9.64 Å². The van der Waals surface area contributed by atoms with Crippen molar-refractivity contribution in [3.05, 3.63) is 55.0 Å². The minimum atomic E-state index is -4.44. The van der Waals surface area contributed by atoms with Crippen molar-refractivity contribution in [3.63, 3.8) is 0 Å². The molecule has 0 fully saturated rings. The summed E-state index contributed by atoms with van der Waals surface area (Å²) in [5.74, 6) is 0.879. The number of halogens is 3. The number of amides is 1. The highest BCUT2D eigenvalue weighted by Gasteiger charge is 2.32. The lowest BCUT2D eigenvalue weighted by molar-refractivity contribution is -0.132. The van der Waals surface area contributed by atoms with Crippen LogP contribution in [-0.4, -0.2) is 33.8 Å². The lowest BCUT2D eigenvalue weighted by Crippen LogP contribution is -2.39. The molecule has 2 heterocycles. The minimum Gasteiger partial charge on any atom is -0.456 e. The Hall–Kier alpha value is -3.23. The Labute approximate surface area is 171 Å². The van der Waals surface area contributed by atoms with Crippen molar-refractivity contribution in [3.8, 4) is 11.5 Å². The second-order valence-corrected chi connectivity index (χ2v) is 7.63. The lowest BCUT2D eigenvalue weighted by Gasteiger charge is -2.28. The highest BCUT2D eigenvalue weighted by molar-refractivity contribution is 5.92. The molecular weight excluding hydrogens is 399 g/mol. The van der Waals surface area contributed by atoms with E-state index in [0.717, 1.165) is 4.90 Å². The van der Waals surface area contributed by atoms with Gasteiger partial charge in [0.1, 0.15) is 17.1 Å². The highest BCUT2D eigenvalue weighted by atomic mass is 19.4. The van der Waals surface area contributed by atoms with Crippen LogP contribution in [0.15, 0.2) is 55.0 Å². The third kappa shape index (κ3) is 5.65. The fourth-order valence-electron chi connectivity index (χ4n) is 2.73. The Morgan fingerprint density at radius 2 is 1.83 bits per heavy atom. The topological polar surface area (TPSA) is 56.1 Å². The van der Waals surface area contributed by atoms with Gasteiger partial charge in [0, 0.05) is 25.0 Å². The molecule has 0 saturated heterocycles. The molecule has 0 atom stereocenters. The molecule has 160 valence electrons. The second kappa shape index (κ2) is 8.25. The first-order valence-corrected chi connectivity index (χ1v) is 9.29. The smallest absolute Gasteiger partial charge is 0.414 e. The minimum absolute atomic E-state index is 0.159. The van der Waals surface area contributed by atoms with E-state index in [1.165, 1.54) is 12.3 Å². The first-order chi connectivity index (χ1) is 14.0. The standard InChI is InChI=1S/C21H22F3N3O3/c1-20(2,3)30-19(28)27(11-9-21(22,23)24)17-13-16(14-26-12-10-25-18(17)26)29-15-7-5-4-6-8-15/h4-8,10,12-14H,9,11H2,1-3H3. The highest BCUT2D eigenvalue weighted by Crippen LogP contribution is 2.31. The van der Waals surface area contributed by atoms with Gasteiger partial charge in [-0.2, -0.15) is 13.2 Å². The average molecular weight is 421 g/mol. The fraction of sp³-hybridized carbons (Fsp3) is 0.333. The van der Waals surface area contributed by atoms with Crippen molar-refractivity contribution in [1.29, 1.82) is 0 Å². The molecule has 0 N–H and O–H groups in total. The molecular formula is C21H22F3N3O3. The van der Waals surface area contributed by atoms with Crippen molar-refractivity contribution < 1.29 is 27.4 Å². The molecule has 0 bridgehead atoms. The summed E-state index contributed by atoms with van der Waals surface area (Å²) in [6.45, 7) is 4.32. The molecule has 0 aliphatic rings. The zero-order chi connectivity index (χ0) is 21.9. The van der Waals surface area contributed by atoms with E-state index in [4.69, 9.17) is 9.47 Å². The van der Waals surface area contributed by atoms with Crippen molar-refractivity contribution in [2.75, 3.05) is 11.4 Å². The van der Waals surface area contributed by atoms with E-state index in [0.29, 0.717) is 17.1 Å². The predicted molar refractivity (Wildman–Crippen MR) is 106 cm³/mol. The molecule has 0 radical (unpaired) electrons. The van der Waals surface area contributed by atoms with E-state index < -0.39 is 30.8 Å². The van der Waals surface area contributed by atoms with Gasteiger partial charge in [-0.1, -0.05) is 18.2 Å². The van der Waals surface area contributed by atoms with Gasteiger partial charge in [0.2, 0.25) is 0 Å². The molecule has 0 spiro atoms. The second-order valence-electron chi connectivity index (χ2n) is 7.63. The number of ether oxygens (including phenoxy) is 2. The van der Waals surface area contributed by atoms with Gasteiger partial charge in [-0.3, -0.25) is 4.90 Å². The summed E-state index contributed by atoms with van der Waals surface area (Å²) in [6, 6.07) is 10.4. The number of hydrogen-bond acceptors (Lipinski definition) is 4. The first kappa shape index (κ1) is 21.5. The molecule has 0 aliphatic heterocycles. The van der Waals surface area contributed by atoms with Crippen LogP contribution >= 0.6 is 0 Å². The number of pyridine rings is 1. The van der Waals surface area contributed by atoms with Crippen LogP contribution in [0.4, 0.5) is 23.7 Å². The van der Waals surface area contributed by atoms with Crippen molar-refractivity contribution in [1.82, 2.24) is 9.38 Å². The third-order valence-electron chi connectivity index (χ3n) is 3.95. The maximum atomic E-state index is 12.9. The van der Waals surface area contributed by atoms with Gasteiger partial charge in [-0.25, -0.2) is 9.78 Å². The fourth-order valence-corrected chi connectivity index (χ4v) is 2.73. The van der Waals surface area contributed by atoms with Crippen LogP contribution in [0.3, 0.4) is 0 Å². The molecule has 1 amide bonds.